The van der Waals surface area contributed by atoms with Gasteiger partial charge in [-0.25, -0.2) is 0 Å². The van der Waals surface area contributed by atoms with Crippen LogP contribution in [-0.2, 0) is 19.1 Å². The maximum atomic E-state index is 11.0. The molecule has 0 radical (unpaired) electrons. The zero-order valence-electron chi connectivity index (χ0n) is 8.70. The highest BCUT2D eigenvalue weighted by Gasteiger charge is 2.15. The van der Waals surface area contributed by atoms with Crippen molar-refractivity contribution in [1.82, 2.24) is 4.90 Å². The van der Waals surface area contributed by atoms with Gasteiger partial charge in [0.1, 0.15) is 6.42 Å². The molecule has 0 heterocycles. The van der Waals surface area contributed by atoms with E-state index in [2.05, 4.69) is 4.74 Å². The van der Waals surface area contributed by atoms with Gasteiger partial charge in [0.2, 0.25) is 5.91 Å². The highest BCUT2D eigenvalue weighted by molar-refractivity contribution is 5.98. The summed E-state index contributed by atoms with van der Waals surface area (Å²) in [6.07, 6.45) is 0.429. The van der Waals surface area contributed by atoms with Crippen molar-refractivity contribution in [3.63, 3.8) is 0 Å². The maximum Gasteiger partial charge on any atom is 0.322 e. The third kappa shape index (κ3) is 5.29. The summed E-state index contributed by atoms with van der Waals surface area (Å²) in [5.41, 5.74) is 0. The molecule has 0 atom stereocenters. The SMILES string of the molecule is CCCC(=O)OC(=O)CC(=O)N(C)C. The van der Waals surface area contributed by atoms with Crippen LogP contribution in [0.25, 0.3) is 0 Å². The number of esters is 2. The smallest absolute Gasteiger partial charge is 0.322 e. The summed E-state index contributed by atoms with van der Waals surface area (Å²) in [6, 6.07) is 0. The maximum absolute atomic E-state index is 11.0. The van der Waals surface area contributed by atoms with Crippen LogP contribution in [0.3, 0.4) is 0 Å². The predicted molar refractivity (Wildman–Crippen MR) is 49.3 cm³/mol. The predicted octanol–water partition coefficient (Wildman–Crippen LogP) is 0.335. The van der Waals surface area contributed by atoms with Crippen LogP contribution in [0.15, 0.2) is 0 Å². The molecule has 1 amide bonds. The lowest BCUT2D eigenvalue weighted by Crippen LogP contribution is -2.26. The van der Waals surface area contributed by atoms with Gasteiger partial charge in [-0.1, -0.05) is 6.92 Å². The second-order valence-electron chi connectivity index (χ2n) is 3.06. The molecule has 0 aliphatic rings. The Bertz CT molecular complexity index is 235. The van der Waals surface area contributed by atoms with Crippen molar-refractivity contribution in [3.8, 4) is 0 Å². The molecule has 0 spiro atoms. The van der Waals surface area contributed by atoms with Crippen LogP contribution in [-0.4, -0.2) is 36.8 Å². The van der Waals surface area contributed by atoms with E-state index in [1.54, 1.807) is 6.92 Å². The zero-order valence-corrected chi connectivity index (χ0v) is 8.70. The Morgan fingerprint density at radius 2 is 1.71 bits per heavy atom. The first-order valence-electron chi connectivity index (χ1n) is 4.41. The van der Waals surface area contributed by atoms with Crippen molar-refractivity contribution in [3.05, 3.63) is 0 Å². The molecule has 0 N–H and O–H groups in total. The number of carbonyl (C=O) groups excluding carboxylic acids is 3. The molecule has 14 heavy (non-hydrogen) atoms. The Balaban J connectivity index is 3.87. The van der Waals surface area contributed by atoms with Crippen LogP contribution in [0.2, 0.25) is 0 Å². The standard InChI is InChI=1S/C9H15NO4/c1-4-5-8(12)14-9(13)6-7(11)10(2)3/h4-6H2,1-3H3. The van der Waals surface area contributed by atoms with E-state index in [9.17, 15) is 14.4 Å². The Morgan fingerprint density at radius 1 is 1.14 bits per heavy atom. The number of carbonyl (C=O) groups is 3. The number of hydrogen-bond acceptors (Lipinski definition) is 4. The molecule has 0 fully saturated rings. The first-order chi connectivity index (χ1) is 6.47. The van der Waals surface area contributed by atoms with Crippen molar-refractivity contribution < 1.29 is 19.1 Å². The van der Waals surface area contributed by atoms with Crippen molar-refractivity contribution in [2.24, 2.45) is 0 Å². The zero-order chi connectivity index (χ0) is 11.1. The minimum atomic E-state index is -0.790. The molecule has 0 bridgehead atoms. The summed E-state index contributed by atoms with van der Waals surface area (Å²) in [5, 5.41) is 0. The molecule has 0 aliphatic carbocycles. The first kappa shape index (κ1) is 12.6. The van der Waals surface area contributed by atoms with E-state index in [0.717, 1.165) is 0 Å². The fourth-order valence-corrected chi connectivity index (χ4v) is 0.700. The lowest BCUT2D eigenvalue weighted by molar-refractivity contribution is -0.160. The van der Waals surface area contributed by atoms with Crippen LogP contribution in [0, 0.1) is 0 Å². The van der Waals surface area contributed by atoms with Crippen LogP contribution in [0.4, 0.5) is 0 Å². The van der Waals surface area contributed by atoms with E-state index in [4.69, 9.17) is 0 Å². The normalized spacial score (nSPS) is 9.36. The summed E-state index contributed by atoms with van der Waals surface area (Å²) >= 11 is 0. The number of nitrogens with zero attached hydrogens (tertiary/aromatic N) is 1. The summed E-state index contributed by atoms with van der Waals surface area (Å²) < 4.78 is 4.39. The Hall–Kier alpha value is -1.39. The number of hydrogen-bond donors (Lipinski definition) is 0. The Morgan fingerprint density at radius 3 is 2.14 bits per heavy atom. The molecule has 0 rings (SSSR count). The molecule has 80 valence electrons. The van der Waals surface area contributed by atoms with Gasteiger partial charge in [0.05, 0.1) is 0 Å². The van der Waals surface area contributed by atoms with E-state index < -0.39 is 11.9 Å². The fourth-order valence-electron chi connectivity index (χ4n) is 0.700. The average Bonchev–Trinajstić information content (AvgIpc) is 2.03. The molecule has 0 aromatic heterocycles. The molecule has 0 aromatic rings. The van der Waals surface area contributed by atoms with E-state index >= 15 is 0 Å². The topological polar surface area (TPSA) is 63.7 Å². The lowest BCUT2D eigenvalue weighted by atomic mass is 10.3. The molecular weight excluding hydrogens is 186 g/mol. The first-order valence-corrected chi connectivity index (χ1v) is 4.41. The minimum Gasteiger partial charge on any atom is -0.393 e. The average molecular weight is 201 g/mol. The number of amides is 1. The van der Waals surface area contributed by atoms with Crippen molar-refractivity contribution in [2.45, 2.75) is 26.2 Å². The molecule has 0 aromatic carbocycles. The van der Waals surface area contributed by atoms with Gasteiger partial charge < -0.3 is 9.64 Å². The summed E-state index contributed by atoms with van der Waals surface area (Å²) in [4.78, 5) is 34.1. The van der Waals surface area contributed by atoms with Gasteiger partial charge in [-0.2, -0.15) is 0 Å². The van der Waals surface area contributed by atoms with Crippen molar-refractivity contribution in [1.29, 1.82) is 0 Å². The van der Waals surface area contributed by atoms with Gasteiger partial charge in [-0.05, 0) is 6.42 Å². The lowest BCUT2D eigenvalue weighted by Gasteiger charge is -2.08. The van der Waals surface area contributed by atoms with E-state index in [-0.39, 0.29) is 18.7 Å². The van der Waals surface area contributed by atoms with E-state index in [1.807, 2.05) is 0 Å². The van der Waals surface area contributed by atoms with Gasteiger partial charge in [0.25, 0.3) is 0 Å². The quantitative estimate of drug-likeness (QED) is 0.486. The van der Waals surface area contributed by atoms with Crippen LogP contribution < -0.4 is 0 Å². The molecule has 0 unspecified atom stereocenters. The Labute approximate surface area is 83.0 Å². The van der Waals surface area contributed by atoms with Gasteiger partial charge in [-0.15, -0.1) is 0 Å². The third-order valence-corrected chi connectivity index (χ3v) is 1.48. The third-order valence-electron chi connectivity index (χ3n) is 1.48. The monoisotopic (exact) mass is 201 g/mol. The summed E-state index contributed by atoms with van der Waals surface area (Å²) in [6.45, 7) is 1.80. The van der Waals surface area contributed by atoms with E-state index in [1.165, 1.54) is 19.0 Å². The van der Waals surface area contributed by atoms with Gasteiger partial charge >= 0.3 is 11.9 Å². The molecule has 0 saturated carbocycles. The van der Waals surface area contributed by atoms with Gasteiger partial charge in [0, 0.05) is 20.5 Å². The largest absolute Gasteiger partial charge is 0.393 e. The number of rotatable bonds is 4. The van der Waals surface area contributed by atoms with Crippen LogP contribution in [0.1, 0.15) is 26.2 Å². The molecule has 0 saturated heterocycles. The molecule has 5 heteroatoms. The molecule has 5 nitrogen and oxygen atoms in total. The van der Waals surface area contributed by atoms with Gasteiger partial charge in [0.15, 0.2) is 0 Å². The van der Waals surface area contributed by atoms with E-state index in [0.29, 0.717) is 6.42 Å². The number of ether oxygens (including phenoxy) is 1. The summed E-state index contributed by atoms with van der Waals surface area (Å²) in [7, 11) is 3.06. The minimum absolute atomic E-state index is 0.196. The Kier molecular flexibility index (Phi) is 5.52. The summed E-state index contributed by atoms with van der Waals surface area (Å²) in [5.74, 6) is -1.74. The molecular formula is C9H15NO4. The second-order valence-corrected chi connectivity index (χ2v) is 3.06. The highest BCUT2D eigenvalue weighted by atomic mass is 16.6. The van der Waals surface area contributed by atoms with Crippen LogP contribution >= 0.6 is 0 Å². The fraction of sp³-hybridized carbons (Fsp3) is 0.667. The second kappa shape index (κ2) is 6.12. The van der Waals surface area contributed by atoms with Crippen LogP contribution in [0.5, 0.6) is 0 Å². The molecule has 0 aliphatic heterocycles. The highest BCUT2D eigenvalue weighted by Crippen LogP contribution is 1.96. The van der Waals surface area contributed by atoms with Crippen molar-refractivity contribution >= 4 is 17.8 Å². The van der Waals surface area contributed by atoms with Crippen molar-refractivity contribution in [2.75, 3.05) is 14.1 Å². The van der Waals surface area contributed by atoms with Gasteiger partial charge in [-0.3, -0.25) is 14.4 Å².